The minimum Gasteiger partial charge on any atom is -0.328 e. The molecule has 10 heteroatoms. The maximum absolute atomic E-state index is 13.6. The van der Waals surface area contributed by atoms with E-state index in [1.54, 1.807) is 4.90 Å². The molecule has 0 bridgehead atoms. The first kappa shape index (κ1) is 24.7. The van der Waals surface area contributed by atoms with Crippen LogP contribution in [-0.4, -0.2) is 27.6 Å². The fourth-order valence-electron chi connectivity index (χ4n) is 5.60. The number of hydrogen-bond acceptors (Lipinski definition) is 5. The van der Waals surface area contributed by atoms with Crippen molar-refractivity contribution in [3.63, 3.8) is 0 Å². The number of carbonyl (C=O) groups is 1. The summed E-state index contributed by atoms with van der Waals surface area (Å²) in [6.07, 6.45) is 3.54. The Labute approximate surface area is 212 Å². The molecule has 0 unspecified atom stereocenters. The van der Waals surface area contributed by atoms with Crippen molar-refractivity contribution >= 4 is 34.6 Å². The molecule has 1 aromatic heterocycles. The summed E-state index contributed by atoms with van der Waals surface area (Å²) in [5.74, 6) is 0.242. The highest BCUT2D eigenvalue weighted by atomic mass is 32.1. The highest BCUT2D eigenvalue weighted by Crippen LogP contribution is 2.48. The maximum atomic E-state index is 13.6. The normalized spacial score (nSPS) is 23.6. The molecule has 1 spiro atoms. The molecule has 36 heavy (non-hydrogen) atoms. The second-order valence-corrected chi connectivity index (χ2v) is 10.4. The lowest BCUT2D eigenvalue weighted by molar-refractivity contribution is -0.138. The summed E-state index contributed by atoms with van der Waals surface area (Å²) >= 11 is 5.67. The van der Waals surface area contributed by atoms with Crippen molar-refractivity contribution in [3.8, 4) is 6.07 Å². The average Bonchev–Trinajstić information content (AvgIpc) is 3.07. The maximum Gasteiger partial charge on any atom is 0.419 e. The second kappa shape index (κ2) is 9.12. The van der Waals surface area contributed by atoms with Crippen LogP contribution in [0.25, 0.3) is 0 Å². The molecule has 1 saturated heterocycles. The van der Waals surface area contributed by atoms with Crippen LogP contribution in [0.2, 0.25) is 0 Å². The molecule has 188 valence electrons. The second-order valence-electron chi connectivity index (χ2n) is 9.99. The fourth-order valence-corrected chi connectivity index (χ4v) is 6.06. The van der Waals surface area contributed by atoms with E-state index in [1.807, 2.05) is 24.3 Å². The number of thiocarbonyl (C=S) groups is 1. The molecule has 1 aliphatic heterocycles. The van der Waals surface area contributed by atoms with E-state index in [9.17, 15) is 18.0 Å². The van der Waals surface area contributed by atoms with Crippen LogP contribution in [0.15, 0.2) is 36.5 Å². The SMILES string of the molecule is N#Cc1ncc(N2C(=O)C3(CCC3)N(c3ccc(CC4CCC(N)CC4)cc3)C2=S)cc1C(F)(F)F. The van der Waals surface area contributed by atoms with E-state index >= 15 is 0 Å². The van der Waals surface area contributed by atoms with Crippen LogP contribution in [0.3, 0.4) is 0 Å². The molecule has 2 aliphatic carbocycles. The molecule has 2 aromatic rings. The number of benzene rings is 1. The molecule has 2 N–H and O–H groups in total. The monoisotopic (exact) mass is 513 g/mol. The van der Waals surface area contributed by atoms with Crippen molar-refractivity contribution in [2.75, 3.05) is 9.80 Å². The minimum atomic E-state index is -4.79. The Hall–Kier alpha value is -3.03. The number of alkyl halides is 3. The van der Waals surface area contributed by atoms with Gasteiger partial charge in [0.15, 0.2) is 10.8 Å². The number of anilines is 2. The van der Waals surface area contributed by atoms with E-state index in [0.717, 1.165) is 61.4 Å². The van der Waals surface area contributed by atoms with Crippen LogP contribution in [0.5, 0.6) is 0 Å². The van der Waals surface area contributed by atoms with Crippen LogP contribution >= 0.6 is 12.2 Å². The summed E-state index contributed by atoms with van der Waals surface area (Å²) in [4.78, 5) is 20.2. The van der Waals surface area contributed by atoms with Gasteiger partial charge in [0.25, 0.3) is 5.91 Å². The standard InChI is InChI=1S/C26H26F3N5OS/c27-26(28,29)21-13-20(15-32-22(21)14-30)33-23(35)25(10-1-11-25)34(24(33)36)19-8-4-17(5-9-19)12-16-2-6-18(31)7-3-16/h4-5,8-9,13,15-16,18H,1-3,6-7,10-12,31H2. The van der Waals surface area contributed by atoms with Crippen molar-refractivity contribution in [2.45, 2.75) is 69.1 Å². The molecule has 6 nitrogen and oxygen atoms in total. The smallest absolute Gasteiger partial charge is 0.328 e. The third-order valence-corrected chi connectivity index (χ3v) is 8.11. The number of nitrogens with two attached hydrogens (primary N) is 1. The molecule has 2 heterocycles. The summed E-state index contributed by atoms with van der Waals surface area (Å²) in [6, 6.07) is 10.5. The number of nitriles is 1. The van der Waals surface area contributed by atoms with Gasteiger partial charge in [-0.05, 0) is 93.3 Å². The Balaban J connectivity index is 1.43. The Morgan fingerprint density at radius 1 is 1.14 bits per heavy atom. The number of amides is 1. The molecular weight excluding hydrogens is 487 g/mol. The zero-order valence-electron chi connectivity index (χ0n) is 19.6. The van der Waals surface area contributed by atoms with Crippen molar-refractivity contribution in [1.29, 1.82) is 5.26 Å². The first-order valence-electron chi connectivity index (χ1n) is 12.1. The van der Waals surface area contributed by atoms with Crippen LogP contribution in [0, 0.1) is 17.2 Å². The minimum absolute atomic E-state index is 0.0859. The molecule has 1 aromatic carbocycles. The van der Waals surface area contributed by atoms with E-state index < -0.39 is 23.0 Å². The van der Waals surface area contributed by atoms with Gasteiger partial charge in [-0.1, -0.05) is 12.1 Å². The number of rotatable bonds is 4. The third kappa shape index (κ3) is 4.14. The van der Waals surface area contributed by atoms with Gasteiger partial charge in [0.05, 0.1) is 17.4 Å². The first-order chi connectivity index (χ1) is 17.1. The summed E-state index contributed by atoms with van der Waals surface area (Å²) < 4.78 is 40.6. The largest absolute Gasteiger partial charge is 0.419 e. The lowest BCUT2D eigenvalue weighted by Crippen LogP contribution is -2.55. The highest BCUT2D eigenvalue weighted by molar-refractivity contribution is 7.81. The predicted octanol–water partition coefficient (Wildman–Crippen LogP) is 5.09. The Kier molecular flexibility index (Phi) is 6.25. The number of halogens is 3. The van der Waals surface area contributed by atoms with Crippen LogP contribution in [0.1, 0.15) is 61.8 Å². The van der Waals surface area contributed by atoms with Crippen molar-refractivity contribution in [1.82, 2.24) is 4.98 Å². The van der Waals surface area contributed by atoms with E-state index in [1.165, 1.54) is 11.6 Å². The molecule has 2 saturated carbocycles. The lowest BCUT2D eigenvalue weighted by Gasteiger charge is -2.43. The van der Waals surface area contributed by atoms with E-state index in [0.29, 0.717) is 24.8 Å². The van der Waals surface area contributed by atoms with Gasteiger partial charge < -0.3 is 10.6 Å². The predicted molar refractivity (Wildman–Crippen MR) is 133 cm³/mol. The van der Waals surface area contributed by atoms with E-state index in [2.05, 4.69) is 4.98 Å². The van der Waals surface area contributed by atoms with Crippen LogP contribution in [0.4, 0.5) is 24.5 Å². The number of hydrogen-bond donors (Lipinski definition) is 1. The van der Waals surface area contributed by atoms with Gasteiger partial charge in [-0.3, -0.25) is 9.69 Å². The Morgan fingerprint density at radius 3 is 2.36 bits per heavy atom. The molecular formula is C26H26F3N5OS. The molecule has 0 radical (unpaired) electrons. The summed E-state index contributed by atoms with van der Waals surface area (Å²) in [5, 5.41) is 9.19. The highest BCUT2D eigenvalue weighted by Gasteiger charge is 2.59. The number of aromatic nitrogens is 1. The summed E-state index contributed by atoms with van der Waals surface area (Å²) in [7, 11) is 0. The van der Waals surface area contributed by atoms with Crippen LogP contribution < -0.4 is 15.5 Å². The summed E-state index contributed by atoms with van der Waals surface area (Å²) in [6.45, 7) is 0. The number of carbonyl (C=O) groups excluding carboxylic acids is 1. The van der Waals surface area contributed by atoms with Gasteiger partial charge in [-0.25, -0.2) is 4.98 Å². The topological polar surface area (TPSA) is 86.2 Å². The van der Waals surface area contributed by atoms with Crippen molar-refractivity contribution in [2.24, 2.45) is 11.7 Å². The zero-order valence-corrected chi connectivity index (χ0v) is 20.4. The lowest BCUT2D eigenvalue weighted by atomic mass is 9.75. The van der Waals surface area contributed by atoms with Gasteiger partial charge in [0.1, 0.15) is 11.6 Å². The zero-order chi connectivity index (χ0) is 25.7. The molecule has 1 amide bonds. The van der Waals surface area contributed by atoms with Crippen molar-refractivity contribution < 1.29 is 18.0 Å². The van der Waals surface area contributed by atoms with Gasteiger partial charge in [-0.15, -0.1) is 0 Å². The molecule has 5 rings (SSSR count). The van der Waals surface area contributed by atoms with Crippen LogP contribution in [-0.2, 0) is 17.4 Å². The Bertz CT molecular complexity index is 1230. The third-order valence-electron chi connectivity index (χ3n) is 7.75. The van der Waals surface area contributed by atoms with Crippen molar-refractivity contribution in [3.05, 3.63) is 53.3 Å². The first-order valence-corrected chi connectivity index (χ1v) is 12.6. The average molecular weight is 514 g/mol. The van der Waals surface area contributed by atoms with E-state index in [4.69, 9.17) is 23.2 Å². The van der Waals surface area contributed by atoms with Gasteiger partial charge in [0.2, 0.25) is 0 Å². The molecule has 0 atom stereocenters. The molecule has 3 fully saturated rings. The van der Waals surface area contributed by atoms with E-state index in [-0.39, 0.29) is 16.7 Å². The number of nitrogens with zero attached hydrogens (tertiary/aromatic N) is 4. The van der Waals surface area contributed by atoms with Gasteiger partial charge in [-0.2, -0.15) is 18.4 Å². The molecule has 3 aliphatic rings. The quantitative estimate of drug-likeness (QED) is 0.573. The summed E-state index contributed by atoms with van der Waals surface area (Å²) in [5.41, 5.74) is 5.03. The Morgan fingerprint density at radius 2 is 1.81 bits per heavy atom. The van der Waals surface area contributed by atoms with Gasteiger partial charge >= 0.3 is 6.18 Å². The van der Waals surface area contributed by atoms with Gasteiger partial charge in [0, 0.05) is 11.7 Å². The fraction of sp³-hybridized carbons (Fsp3) is 0.462. The number of pyridine rings is 1.